The maximum absolute atomic E-state index is 13.6. The third kappa shape index (κ3) is 3.92. The van der Waals surface area contributed by atoms with Crippen LogP contribution in [0.2, 0.25) is 0 Å². The van der Waals surface area contributed by atoms with Crippen LogP contribution in [-0.4, -0.2) is 61.0 Å². The highest BCUT2D eigenvalue weighted by molar-refractivity contribution is 5.94. The Morgan fingerprint density at radius 2 is 1.72 bits per heavy atom. The summed E-state index contributed by atoms with van der Waals surface area (Å²) in [4.78, 5) is 29.6. The zero-order valence-corrected chi connectivity index (χ0v) is 18.3. The predicted molar refractivity (Wildman–Crippen MR) is 119 cm³/mol. The molecule has 2 fully saturated rings. The van der Waals surface area contributed by atoms with Crippen molar-refractivity contribution in [3.05, 3.63) is 71.0 Å². The van der Waals surface area contributed by atoms with Gasteiger partial charge in [0.25, 0.3) is 5.91 Å². The SMILES string of the molecule is O=C(CC1CC2(CCN(C(=O)c3cccc(F)c3)CC2)c2ccccc21)N1CCOCC1. The molecule has 2 aliphatic heterocycles. The molecule has 0 saturated carbocycles. The normalized spacial score (nSPS) is 22.1. The van der Waals surface area contributed by atoms with E-state index in [9.17, 15) is 14.0 Å². The second-order valence-electron chi connectivity index (χ2n) is 9.27. The molecule has 1 aliphatic carbocycles. The van der Waals surface area contributed by atoms with E-state index in [4.69, 9.17) is 4.74 Å². The summed E-state index contributed by atoms with van der Waals surface area (Å²) in [6.07, 6.45) is 3.22. The lowest BCUT2D eigenvalue weighted by Gasteiger charge is -2.40. The van der Waals surface area contributed by atoms with Crippen molar-refractivity contribution >= 4 is 11.8 Å². The van der Waals surface area contributed by atoms with Crippen molar-refractivity contribution < 1.29 is 18.7 Å². The second kappa shape index (κ2) is 8.66. The average Bonchev–Trinajstić information content (AvgIpc) is 3.12. The van der Waals surface area contributed by atoms with Gasteiger partial charge >= 0.3 is 0 Å². The molecule has 168 valence electrons. The Labute approximate surface area is 188 Å². The highest BCUT2D eigenvalue weighted by atomic mass is 19.1. The van der Waals surface area contributed by atoms with Crippen LogP contribution in [-0.2, 0) is 14.9 Å². The van der Waals surface area contributed by atoms with Crippen LogP contribution in [0.25, 0.3) is 0 Å². The molecule has 0 aromatic heterocycles. The number of nitrogens with zero attached hydrogens (tertiary/aromatic N) is 2. The van der Waals surface area contributed by atoms with E-state index in [1.54, 1.807) is 12.1 Å². The first-order chi connectivity index (χ1) is 15.6. The van der Waals surface area contributed by atoms with Crippen molar-refractivity contribution in [2.24, 2.45) is 0 Å². The quantitative estimate of drug-likeness (QED) is 0.737. The maximum atomic E-state index is 13.6. The van der Waals surface area contributed by atoms with E-state index in [0.29, 0.717) is 51.4 Å². The summed E-state index contributed by atoms with van der Waals surface area (Å²) in [5.74, 6) is -0.0672. The maximum Gasteiger partial charge on any atom is 0.253 e. The van der Waals surface area contributed by atoms with Gasteiger partial charge in [0.15, 0.2) is 0 Å². The Balaban J connectivity index is 1.30. The van der Waals surface area contributed by atoms with E-state index < -0.39 is 0 Å². The lowest BCUT2D eigenvalue weighted by molar-refractivity contribution is -0.135. The lowest BCUT2D eigenvalue weighted by atomic mass is 9.73. The Morgan fingerprint density at radius 1 is 0.969 bits per heavy atom. The van der Waals surface area contributed by atoms with Gasteiger partial charge in [-0.15, -0.1) is 0 Å². The van der Waals surface area contributed by atoms with Crippen LogP contribution in [0, 0.1) is 5.82 Å². The van der Waals surface area contributed by atoms with Gasteiger partial charge in [-0.25, -0.2) is 4.39 Å². The number of hydrogen-bond donors (Lipinski definition) is 0. The van der Waals surface area contributed by atoms with Crippen LogP contribution in [0.4, 0.5) is 4.39 Å². The highest BCUT2D eigenvalue weighted by Gasteiger charge is 2.46. The summed E-state index contributed by atoms with van der Waals surface area (Å²) in [5, 5.41) is 0. The number of carbonyl (C=O) groups is 2. The van der Waals surface area contributed by atoms with Crippen LogP contribution in [0.1, 0.15) is 53.1 Å². The molecule has 2 amide bonds. The summed E-state index contributed by atoms with van der Waals surface area (Å²) < 4.78 is 19.0. The smallest absolute Gasteiger partial charge is 0.253 e. The summed E-state index contributed by atoms with van der Waals surface area (Å²) in [6.45, 7) is 3.88. The number of amides is 2. The van der Waals surface area contributed by atoms with Gasteiger partial charge < -0.3 is 14.5 Å². The van der Waals surface area contributed by atoms with E-state index >= 15 is 0 Å². The number of halogens is 1. The molecule has 1 spiro atoms. The van der Waals surface area contributed by atoms with E-state index in [1.165, 1.54) is 23.3 Å². The van der Waals surface area contributed by atoms with Gasteiger partial charge in [0.05, 0.1) is 13.2 Å². The van der Waals surface area contributed by atoms with Crippen molar-refractivity contribution in [2.75, 3.05) is 39.4 Å². The second-order valence-corrected chi connectivity index (χ2v) is 9.27. The van der Waals surface area contributed by atoms with Gasteiger partial charge in [-0.3, -0.25) is 9.59 Å². The molecule has 1 atom stereocenters. The molecule has 2 heterocycles. The fourth-order valence-corrected chi connectivity index (χ4v) is 5.78. The first kappa shape index (κ1) is 21.1. The molecule has 0 N–H and O–H groups in total. The Kier molecular flexibility index (Phi) is 5.72. The summed E-state index contributed by atoms with van der Waals surface area (Å²) in [7, 11) is 0. The number of rotatable bonds is 3. The van der Waals surface area contributed by atoms with E-state index in [1.807, 2.05) is 9.80 Å². The van der Waals surface area contributed by atoms with Crippen LogP contribution in [0.3, 0.4) is 0 Å². The minimum Gasteiger partial charge on any atom is -0.378 e. The molecule has 1 unspecified atom stereocenters. The van der Waals surface area contributed by atoms with Crippen molar-refractivity contribution in [3.63, 3.8) is 0 Å². The van der Waals surface area contributed by atoms with E-state index in [2.05, 4.69) is 24.3 Å². The lowest BCUT2D eigenvalue weighted by Crippen LogP contribution is -2.44. The van der Waals surface area contributed by atoms with Crippen LogP contribution < -0.4 is 0 Å². The van der Waals surface area contributed by atoms with Crippen molar-refractivity contribution in [1.82, 2.24) is 9.80 Å². The molecule has 6 heteroatoms. The topological polar surface area (TPSA) is 49.9 Å². The van der Waals surface area contributed by atoms with Gasteiger partial charge in [-0.05, 0) is 59.9 Å². The first-order valence-corrected chi connectivity index (χ1v) is 11.6. The summed E-state index contributed by atoms with van der Waals surface area (Å²) >= 11 is 0. The van der Waals surface area contributed by atoms with Gasteiger partial charge in [0, 0.05) is 38.2 Å². The summed E-state index contributed by atoms with van der Waals surface area (Å²) in [5.41, 5.74) is 3.05. The molecule has 0 radical (unpaired) electrons. The van der Waals surface area contributed by atoms with Crippen molar-refractivity contribution in [3.8, 4) is 0 Å². The Hall–Kier alpha value is -2.73. The number of benzene rings is 2. The molecular formula is C26H29FN2O3. The van der Waals surface area contributed by atoms with Crippen LogP contribution in [0.5, 0.6) is 0 Å². The van der Waals surface area contributed by atoms with Gasteiger partial charge in [0.1, 0.15) is 5.82 Å². The zero-order chi connectivity index (χ0) is 22.1. The highest BCUT2D eigenvalue weighted by Crippen LogP contribution is 2.52. The minimum absolute atomic E-state index is 0.00523. The number of carbonyl (C=O) groups excluding carboxylic acids is 2. The third-order valence-electron chi connectivity index (χ3n) is 7.47. The fraction of sp³-hybridized carbons (Fsp3) is 0.462. The van der Waals surface area contributed by atoms with Gasteiger partial charge in [-0.1, -0.05) is 30.3 Å². The molecular weight excluding hydrogens is 407 g/mol. The van der Waals surface area contributed by atoms with Crippen LogP contribution >= 0.6 is 0 Å². The van der Waals surface area contributed by atoms with Crippen molar-refractivity contribution in [1.29, 1.82) is 0 Å². The summed E-state index contributed by atoms with van der Waals surface area (Å²) in [6, 6.07) is 14.4. The molecule has 2 saturated heterocycles. The number of hydrogen-bond acceptors (Lipinski definition) is 3. The number of piperidine rings is 1. The Bertz CT molecular complexity index is 1010. The molecule has 2 aromatic carbocycles. The molecule has 2 aromatic rings. The third-order valence-corrected chi connectivity index (χ3v) is 7.47. The monoisotopic (exact) mass is 436 g/mol. The van der Waals surface area contributed by atoms with Gasteiger partial charge in [0.2, 0.25) is 5.91 Å². The number of ether oxygens (including phenoxy) is 1. The molecule has 3 aliphatic rings. The number of morpholine rings is 1. The predicted octanol–water partition coefficient (Wildman–Crippen LogP) is 3.74. The zero-order valence-electron chi connectivity index (χ0n) is 18.3. The Morgan fingerprint density at radius 3 is 2.47 bits per heavy atom. The van der Waals surface area contributed by atoms with Crippen molar-refractivity contribution in [2.45, 2.75) is 37.0 Å². The average molecular weight is 437 g/mol. The minimum atomic E-state index is -0.387. The van der Waals surface area contributed by atoms with Crippen LogP contribution in [0.15, 0.2) is 48.5 Å². The number of likely N-dealkylation sites (tertiary alicyclic amines) is 1. The van der Waals surface area contributed by atoms with E-state index in [0.717, 1.165) is 19.3 Å². The molecule has 32 heavy (non-hydrogen) atoms. The first-order valence-electron chi connectivity index (χ1n) is 11.6. The molecule has 5 rings (SSSR count). The van der Waals surface area contributed by atoms with Gasteiger partial charge in [-0.2, -0.15) is 0 Å². The van der Waals surface area contributed by atoms with E-state index in [-0.39, 0.29) is 29.0 Å². The molecule has 0 bridgehead atoms. The molecule has 5 nitrogen and oxygen atoms in total. The largest absolute Gasteiger partial charge is 0.378 e. The number of fused-ring (bicyclic) bond motifs is 2. The fourth-order valence-electron chi connectivity index (χ4n) is 5.78. The standard InChI is InChI=1S/C26H29FN2O3/c27-21-5-3-4-19(16-21)25(31)29-10-8-26(9-11-29)18-20(22-6-1-2-7-23(22)26)17-24(30)28-12-14-32-15-13-28/h1-7,16,20H,8-15,17-18H2.